The molecule has 28 heavy (non-hydrogen) atoms. The fourth-order valence-corrected chi connectivity index (χ4v) is 4.30. The minimum absolute atomic E-state index is 0.0201. The van der Waals surface area contributed by atoms with E-state index in [1.54, 1.807) is 7.11 Å². The Kier molecular flexibility index (Phi) is 5.46. The highest BCUT2D eigenvalue weighted by molar-refractivity contribution is 5.61. The van der Waals surface area contributed by atoms with Gasteiger partial charge in [-0.2, -0.15) is 0 Å². The average Bonchev–Trinajstić information content (AvgIpc) is 3.03. The summed E-state index contributed by atoms with van der Waals surface area (Å²) in [5, 5.41) is 0. The van der Waals surface area contributed by atoms with Gasteiger partial charge in [0.1, 0.15) is 0 Å². The zero-order valence-electron chi connectivity index (χ0n) is 16.5. The molecule has 4 rings (SSSR count). The topological polar surface area (TPSA) is 50.3 Å². The third-order valence-electron chi connectivity index (χ3n) is 5.73. The highest BCUT2D eigenvalue weighted by Gasteiger charge is 2.33. The summed E-state index contributed by atoms with van der Waals surface area (Å²) in [5.41, 5.74) is 4.15. The molecule has 2 heterocycles. The van der Waals surface area contributed by atoms with Gasteiger partial charge in [-0.25, -0.2) is 4.79 Å². The van der Waals surface area contributed by atoms with Gasteiger partial charge in [0.05, 0.1) is 17.8 Å². The molecule has 1 aliphatic heterocycles. The van der Waals surface area contributed by atoms with Crippen molar-refractivity contribution in [1.29, 1.82) is 0 Å². The first-order valence-corrected chi connectivity index (χ1v) is 9.83. The molecule has 0 bridgehead atoms. The van der Waals surface area contributed by atoms with Crippen molar-refractivity contribution in [2.24, 2.45) is 0 Å². The summed E-state index contributed by atoms with van der Waals surface area (Å²) in [7, 11) is 1.74. The smallest absolute Gasteiger partial charge is 0.326 e. The predicted octanol–water partition coefficient (Wildman–Crippen LogP) is 3.61. The maximum atomic E-state index is 12.8. The molecule has 1 aromatic heterocycles. The number of aromatic nitrogens is 2. The molecule has 3 aromatic rings. The largest absolute Gasteiger partial charge is 0.378 e. The molecule has 2 atom stereocenters. The number of piperidine rings is 1. The molecule has 5 nitrogen and oxygen atoms in total. The van der Waals surface area contributed by atoms with Crippen LogP contribution in [0.1, 0.15) is 23.7 Å². The molecule has 1 aliphatic rings. The molecule has 0 radical (unpaired) electrons. The van der Waals surface area contributed by atoms with E-state index >= 15 is 0 Å². The van der Waals surface area contributed by atoms with Crippen molar-refractivity contribution >= 4 is 0 Å². The molecule has 0 aliphatic carbocycles. The quantitative estimate of drug-likeness (QED) is 0.739. The molecule has 1 saturated heterocycles. The third-order valence-corrected chi connectivity index (χ3v) is 5.73. The van der Waals surface area contributed by atoms with Gasteiger partial charge in [-0.05, 0) is 24.5 Å². The molecule has 1 fully saturated rings. The zero-order chi connectivity index (χ0) is 19.5. The summed E-state index contributed by atoms with van der Waals surface area (Å²) in [6.07, 6.45) is 0.867. The number of methoxy groups -OCH3 is 1. The first kappa shape index (κ1) is 18.7. The summed E-state index contributed by atoms with van der Waals surface area (Å²) in [6, 6.07) is 20.6. The van der Waals surface area contributed by atoms with Gasteiger partial charge in [0.15, 0.2) is 0 Å². The van der Waals surface area contributed by atoms with Crippen LogP contribution in [0.25, 0.3) is 11.3 Å². The van der Waals surface area contributed by atoms with Crippen LogP contribution in [0.3, 0.4) is 0 Å². The molecular formula is C23H27N3O2. The monoisotopic (exact) mass is 377 g/mol. The Labute approximate surface area is 165 Å². The lowest BCUT2D eigenvalue weighted by Gasteiger charge is -2.38. The van der Waals surface area contributed by atoms with Crippen LogP contribution in [0.2, 0.25) is 0 Å². The van der Waals surface area contributed by atoms with Gasteiger partial charge in [-0.1, -0.05) is 60.7 Å². The number of H-pyrrole nitrogens is 1. The Morgan fingerprint density at radius 1 is 1.07 bits per heavy atom. The van der Waals surface area contributed by atoms with Crippen LogP contribution < -0.4 is 5.69 Å². The van der Waals surface area contributed by atoms with Crippen molar-refractivity contribution in [2.45, 2.75) is 32.0 Å². The maximum absolute atomic E-state index is 12.8. The van der Waals surface area contributed by atoms with E-state index in [1.165, 1.54) is 5.56 Å². The number of hydrogen-bond donors (Lipinski definition) is 1. The van der Waals surface area contributed by atoms with Crippen molar-refractivity contribution in [3.05, 3.63) is 82.4 Å². The Balaban J connectivity index is 1.57. The Morgan fingerprint density at radius 3 is 2.43 bits per heavy atom. The van der Waals surface area contributed by atoms with Gasteiger partial charge in [0, 0.05) is 32.4 Å². The molecule has 2 aromatic carbocycles. The summed E-state index contributed by atoms with van der Waals surface area (Å²) >= 11 is 0. The number of ether oxygens (including phenoxy) is 1. The second-order valence-electron chi connectivity index (χ2n) is 7.48. The minimum Gasteiger partial charge on any atom is -0.378 e. The zero-order valence-corrected chi connectivity index (χ0v) is 16.5. The molecule has 146 valence electrons. The Morgan fingerprint density at radius 2 is 1.75 bits per heavy atom. The van der Waals surface area contributed by atoms with Gasteiger partial charge < -0.3 is 9.72 Å². The van der Waals surface area contributed by atoms with E-state index in [9.17, 15) is 4.79 Å². The van der Waals surface area contributed by atoms with E-state index in [0.717, 1.165) is 43.0 Å². The van der Waals surface area contributed by atoms with Crippen molar-refractivity contribution < 1.29 is 4.74 Å². The van der Waals surface area contributed by atoms with Crippen LogP contribution in [-0.2, 0) is 11.3 Å². The second kappa shape index (κ2) is 8.17. The van der Waals surface area contributed by atoms with Gasteiger partial charge in [-0.3, -0.25) is 9.47 Å². The van der Waals surface area contributed by atoms with E-state index in [-0.39, 0.29) is 17.8 Å². The number of hydrogen-bond acceptors (Lipinski definition) is 3. The standard InChI is InChI=1S/C23H27N3O2/c1-17-22(19-11-7-4-8-12-19)24-23(27)26(17)20-13-14-25(16-21(20)28-2)15-18-9-5-3-6-10-18/h3-12,20-21H,13-16H2,1-2H3,(H,24,27). The molecule has 0 spiro atoms. The van der Waals surface area contributed by atoms with Crippen molar-refractivity contribution in [3.63, 3.8) is 0 Å². The minimum atomic E-state index is -0.0556. The first-order chi connectivity index (χ1) is 13.7. The van der Waals surface area contributed by atoms with Crippen LogP contribution in [0.4, 0.5) is 0 Å². The maximum Gasteiger partial charge on any atom is 0.326 e. The van der Waals surface area contributed by atoms with E-state index < -0.39 is 0 Å². The van der Waals surface area contributed by atoms with Crippen molar-refractivity contribution in [3.8, 4) is 11.3 Å². The van der Waals surface area contributed by atoms with Crippen LogP contribution in [0, 0.1) is 6.92 Å². The Bertz CT molecular complexity index is 963. The molecule has 5 heteroatoms. The fraction of sp³-hybridized carbons (Fsp3) is 0.348. The van der Waals surface area contributed by atoms with Crippen LogP contribution >= 0.6 is 0 Å². The highest BCUT2D eigenvalue weighted by atomic mass is 16.5. The Hall–Kier alpha value is -2.63. The van der Waals surface area contributed by atoms with E-state index in [1.807, 2.05) is 47.9 Å². The predicted molar refractivity (Wildman–Crippen MR) is 111 cm³/mol. The molecule has 2 unspecified atom stereocenters. The van der Waals surface area contributed by atoms with Gasteiger partial charge in [0.25, 0.3) is 0 Å². The summed E-state index contributed by atoms with van der Waals surface area (Å²) < 4.78 is 7.73. The SMILES string of the molecule is COC1CN(Cc2ccccc2)CCC1n1c(C)c(-c2ccccc2)[nH]c1=O. The lowest BCUT2D eigenvalue weighted by atomic mass is 10.00. The molecule has 0 amide bonds. The summed E-state index contributed by atoms with van der Waals surface area (Å²) in [4.78, 5) is 18.3. The highest BCUT2D eigenvalue weighted by Crippen LogP contribution is 2.29. The number of nitrogens with zero attached hydrogens (tertiary/aromatic N) is 2. The average molecular weight is 377 g/mol. The number of rotatable bonds is 5. The fourth-order valence-electron chi connectivity index (χ4n) is 4.30. The number of nitrogens with one attached hydrogen (secondary N) is 1. The molecular weight excluding hydrogens is 350 g/mol. The number of imidazole rings is 1. The van der Waals surface area contributed by atoms with Crippen molar-refractivity contribution in [1.82, 2.24) is 14.5 Å². The van der Waals surface area contributed by atoms with Gasteiger partial charge in [-0.15, -0.1) is 0 Å². The van der Waals surface area contributed by atoms with Crippen LogP contribution in [0.15, 0.2) is 65.5 Å². The lowest BCUT2D eigenvalue weighted by molar-refractivity contribution is -0.00995. The van der Waals surface area contributed by atoms with Crippen molar-refractivity contribution in [2.75, 3.05) is 20.2 Å². The summed E-state index contributed by atoms with van der Waals surface area (Å²) in [6.45, 7) is 4.68. The van der Waals surface area contributed by atoms with E-state index in [2.05, 4.69) is 34.1 Å². The van der Waals surface area contributed by atoms with E-state index in [4.69, 9.17) is 4.74 Å². The van der Waals surface area contributed by atoms with E-state index in [0.29, 0.717) is 0 Å². The number of likely N-dealkylation sites (tertiary alicyclic amines) is 1. The summed E-state index contributed by atoms with van der Waals surface area (Å²) in [5.74, 6) is 0. The van der Waals surface area contributed by atoms with Gasteiger partial charge >= 0.3 is 5.69 Å². The molecule has 1 N–H and O–H groups in total. The first-order valence-electron chi connectivity index (χ1n) is 9.83. The number of aromatic amines is 1. The third kappa shape index (κ3) is 3.68. The molecule has 0 saturated carbocycles. The van der Waals surface area contributed by atoms with Crippen LogP contribution in [0.5, 0.6) is 0 Å². The second-order valence-corrected chi connectivity index (χ2v) is 7.48. The van der Waals surface area contributed by atoms with Gasteiger partial charge in [0.2, 0.25) is 0 Å². The lowest BCUT2D eigenvalue weighted by Crippen LogP contribution is -2.47. The number of benzene rings is 2. The normalized spacial score (nSPS) is 20.4. The van der Waals surface area contributed by atoms with Crippen LogP contribution in [-0.4, -0.2) is 40.8 Å².